The van der Waals surface area contributed by atoms with Crippen LogP contribution in [0.4, 0.5) is 8.78 Å². The fourth-order valence-corrected chi connectivity index (χ4v) is 7.81. The Morgan fingerprint density at radius 2 is 1.69 bits per heavy atom. The Labute approximate surface area is 263 Å². The van der Waals surface area contributed by atoms with Crippen LogP contribution in [0.15, 0.2) is 24.3 Å². The summed E-state index contributed by atoms with van der Waals surface area (Å²) in [6.45, 7) is 3.60. The monoisotopic (exact) mass is 629 g/mol. The number of piperidine rings is 1. The van der Waals surface area contributed by atoms with E-state index in [-0.39, 0.29) is 79.8 Å². The van der Waals surface area contributed by atoms with Crippen molar-refractivity contribution in [3.63, 3.8) is 0 Å². The highest BCUT2D eigenvalue weighted by molar-refractivity contribution is 5.89. The highest BCUT2D eigenvalue weighted by Crippen LogP contribution is 2.35. The summed E-state index contributed by atoms with van der Waals surface area (Å²) >= 11 is 0. The number of alkyl halides is 2. The molecule has 1 aromatic carbocycles. The van der Waals surface area contributed by atoms with Crippen LogP contribution in [0.3, 0.4) is 0 Å². The molecule has 4 aliphatic heterocycles. The van der Waals surface area contributed by atoms with Crippen molar-refractivity contribution in [1.29, 1.82) is 0 Å². The zero-order valence-corrected chi connectivity index (χ0v) is 25.9. The van der Waals surface area contributed by atoms with Crippen LogP contribution in [-0.4, -0.2) is 108 Å². The lowest BCUT2D eigenvalue weighted by Crippen LogP contribution is -2.50. The Kier molecular flexibility index (Phi) is 9.70. The van der Waals surface area contributed by atoms with E-state index in [4.69, 9.17) is 4.74 Å². The summed E-state index contributed by atoms with van der Waals surface area (Å²) in [5.74, 6) is -3.34. The summed E-state index contributed by atoms with van der Waals surface area (Å²) in [5.41, 5.74) is 1.71. The molecule has 1 saturated carbocycles. The Balaban J connectivity index is 1.23. The molecule has 6 rings (SSSR count). The van der Waals surface area contributed by atoms with E-state index in [0.717, 1.165) is 11.1 Å². The summed E-state index contributed by atoms with van der Waals surface area (Å²) < 4.78 is 33.0. The molecule has 0 aromatic heterocycles. The van der Waals surface area contributed by atoms with Crippen LogP contribution in [0.1, 0.15) is 62.5 Å². The fourth-order valence-electron chi connectivity index (χ4n) is 7.81. The maximum atomic E-state index is 14.1. The van der Waals surface area contributed by atoms with Crippen molar-refractivity contribution in [1.82, 2.24) is 25.3 Å². The van der Waals surface area contributed by atoms with Gasteiger partial charge in [0.1, 0.15) is 6.04 Å². The van der Waals surface area contributed by atoms with Gasteiger partial charge in [0.15, 0.2) is 0 Å². The molecule has 10 nitrogen and oxygen atoms in total. The molecule has 246 valence electrons. The lowest BCUT2D eigenvalue weighted by Gasteiger charge is -2.40. The highest BCUT2D eigenvalue weighted by Gasteiger charge is 2.44. The molecule has 2 bridgehead atoms. The number of ether oxygens (including phenoxy) is 1. The Morgan fingerprint density at radius 1 is 0.956 bits per heavy atom. The quantitative estimate of drug-likeness (QED) is 0.528. The number of amides is 4. The third-order valence-electron chi connectivity index (χ3n) is 10.5. The van der Waals surface area contributed by atoms with Crippen LogP contribution in [0.25, 0.3) is 0 Å². The van der Waals surface area contributed by atoms with Crippen molar-refractivity contribution >= 4 is 23.6 Å². The van der Waals surface area contributed by atoms with Gasteiger partial charge in [-0.25, -0.2) is 8.78 Å². The first kappa shape index (κ1) is 31.8. The van der Waals surface area contributed by atoms with Gasteiger partial charge in [-0.1, -0.05) is 24.3 Å². The molecule has 45 heavy (non-hydrogen) atoms. The molecule has 1 aliphatic carbocycles. The molecule has 0 unspecified atom stereocenters. The molecule has 1 aromatic rings. The second-order valence-electron chi connectivity index (χ2n) is 13.5. The van der Waals surface area contributed by atoms with Crippen LogP contribution in [-0.2, 0) is 36.9 Å². The van der Waals surface area contributed by atoms with Gasteiger partial charge in [0.05, 0.1) is 19.6 Å². The van der Waals surface area contributed by atoms with E-state index in [1.807, 2.05) is 34.1 Å². The number of carbonyl (C=O) groups is 4. The molecule has 0 spiro atoms. The van der Waals surface area contributed by atoms with Crippen molar-refractivity contribution in [2.24, 2.45) is 11.8 Å². The standard InChI is InChI=1S/C33H45F2N5O5/c34-33(35)8-5-26(6-9-33)37-27-18-28-32(44)36-19-24-4-2-1-3-22(24)15-30(42)39-10-7-23(16-29(41)38-11-13-45-14-12-38)25(20-39)17-31(43)40(28)21-27/h1-4,23,25-28,37H,5-21H2,(H,36,44)/t23-,25-,27-,28-/m0/s1. The van der Waals surface area contributed by atoms with Crippen LogP contribution >= 0.6 is 0 Å². The topological polar surface area (TPSA) is 111 Å². The molecular formula is C33H45F2N5O5. The third kappa shape index (κ3) is 7.65. The van der Waals surface area contributed by atoms with Crippen LogP contribution in [0.2, 0.25) is 0 Å². The Hall–Kier alpha value is -3.12. The summed E-state index contributed by atoms with van der Waals surface area (Å²) in [7, 11) is 0. The zero-order chi connectivity index (χ0) is 31.6. The maximum Gasteiger partial charge on any atom is 0.248 e. The minimum Gasteiger partial charge on any atom is -0.378 e. The van der Waals surface area contributed by atoms with Crippen LogP contribution < -0.4 is 10.6 Å². The molecule has 12 heteroatoms. The van der Waals surface area contributed by atoms with E-state index >= 15 is 0 Å². The maximum absolute atomic E-state index is 14.1. The number of morpholine rings is 1. The number of rotatable bonds is 4. The van der Waals surface area contributed by atoms with Gasteiger partial charge in [-0.05, 0) is 48.6 Å². The van der Waals surface area contributed by atoms with Crippen molar-refractivity contribution in [2.45, 2.75) is 88.4 Å². The predicted molar refractivity (Wildman–Crippen MR) is 161 cm³/mol. The van der Waals surface area contributed by atoms with E-state index in [2.05, 4.69) is 10.6 Å². The molecule has 4 atom stereocenters. The van der Waals surface area contributed by atoms with Crippen LogP contribution in [0.5, 0.6) is 0 Å². The van der Waals surface area contributed by atoms with Crippen molar-refractivity contribution in [2.75, 3.05) is 45.9 Å². The van der Waals surface area contributed by atoms with Gasteiger partial charge >= 0.3 is 0 Å². The fraction of sp³-hybridized carbons (Fsp3) is 0.697. The summed E-state index contributed by atoms with van der Waals surface area (Å²) in [5, 5.41) is 6.50. The van der Waals surface area contributed by atoms with Crippen molar-refractivity contribution in [3.05, 3.63) is 35.4 Å². The molecule has 4 amide bonds. The van der Waals surface area contributed by atoms with E-state index in [1.165, 1.54) is 0 Å². The van der Waals surface area contributed by atoms with Gasteiger partial charge in [0, 0.05) is 77.0 Å². The average molecular weight is 630 g/mol. The van der Waals surface area contributed by atoms with E-state index in [0.29, 0.717) is 78.0 Å². The summed E-state index contributed by atoms with van der Waals surface area (Å²) in [4.78, 5) is 59.8. The largest absolute Gasteiger partial charge is 0.378 e. The van der Waals surface area contributed by atoms with Crippen molar-refractivity contribution < 1.29 is 32.7 Å². The van der Waals surface area contributed by atoms with E-state index < -0.39 is 12.0 Å². The Bertz CT molecular complexity index is 1260. The number of hydrogen-bond acceptors (Lipinski definition) is 6. The summed E-state index contributed by atoms with van der Waals surface area (Å²) in [6.07, 6.45) is 2.06. The number of nitrogens with one attached hydrogen (secondary N) is 2. The SMILES string of the molecule is O=C1NCc2ccccc2CC(=O)N2CC[C@@H](CC(=O)N3CCOCC3)[C@@H](CC(=O)N3C[C@@H](NC4CCC(F)(F)CC4)C[C@@H]13)C2. The first-order valence-corrected chi connectivity index (χ1v) is 16.6. The number of nitrogens with zero attached hydrogens (tertiary/aromatic N) is 3. The Morgan fingerprint density at radius 3 is 2.44 bits per heavy atom. The molecule has 4 fully saturated rings. The third-order valence-corrected chi connectivity index (χ3v) is 10.5. The average Bonchev–Trinajstić information content (AvgIpc) is 3.46. The van der Waals surface area contributed by atoms with Gasteiger partial charge in [0.2, 0.25) is 29.6 Å². The van der Waals surface area contributed by atoms with Crippen molar-refractivity contribution in [3.8, 4) is 0 Å². The number of carbonyl (C=O) groups excluding carboxylic acids is 4. The molecule has 2 N–H and O–H groups in total. The second kappa shape index (κ2) is 13.7. The van der Waals surface area contributed by atoms with Gasteiger partial charge in [0.25, 0.3) is 0 Å². The van der Waals surface area contributed by atoms with Gasteiger partial charge in [-0.3, -0.25) is 19.2 Å². The lowest BCUT2D eigenvalue weighted by molar-refractivity contribution is -0.143. The second-order valence-corrected chi connectivity index (χ2v) is 13.5. The number of fused-ring (bicyclic) bond motifs is 4. The van der Waals surface area contributed by atoms with E-state index in [9.17, 15) is 28.0 Å². The summed E-state index contributed by atoms with van der Waals surface area (Å²) in [6, 6.07) is 6.63. The van der Waals surface area contributed by atoms with Gasteiger partial charge in [-0.2, -0.15) is 0 Å². The van der Waals surface area contributed by atoms with E-state index in [1.54, 1.807) is 4.90 Å². The van der Waals surface area contributed by atoms with Crippen LogP contribution in [0, 0.1) is 11.8 Å². The molecule has 0 radical (unpaired) electrons. The lowest BCUT2D eigenvalue weighted by atomic mass is 9.80. The first-order valence-electron chi connectivity index (χ1n) is 16.6. The number of benzene rings is 1. The normalized spacial score (nSPS) is 29.9. The highest BCUT2D eigenvalue weighted by atomic mass is 19.3. The minimum atomic E-state index is -2.63. The number of halogens is 2. The smallest absolute Gasteiger partial charge is 0.248 e. The number of hydrogen-bond donors (Lipinski definition) is 2. The molecule has 4 heterocycles. The zero-order valence-electron chi connectivity index (χ0n) is 25.9. The molecule has 5 aliphatic rings. The van der Waals surface area contributed by atoms with Gasteiger partial charge in [-0.15, -0.1) is 0 Å². The molecular weight excluding hydrogens is 584 g/mol. The predicted octanol–water partition coefficient (Wildman–Crippen LogP) is 2.10. The minimum absolute atomic E-state index is 0.0254. The first-order chi connectivity index (χ1) is 21.6. The van der Waals surface area contributed by atoms with Gasteiger partial charge < -0.3 is 30.1 Å². The molecule has 3 saturated heterocycles.